The molecule has 1 heterocycles. The van der Waals surface area contributed by atoms with Crippen LogP contribution in [0.25, 0.3) is 0 Å². The normalized spacial score (nSPS) is 23.6. The number of ether oxygens (including phenoxy) is 1. The zero-order valence-electron chi connectivity index (χ0n) is 13.7. The highest BCUT2D eigenvalue weighted by Crippen LogP contribution is 2.11. The minimum absolute atomic E-state index is 0.550. The van der Waals surface area contributed by atoms with Crippen molar-refractivity contribution in [2.45, 2.75) is 39.3 Å². The lowest BCUT2D eigenvalue weighted by Gasteiger charge is -2.39. The molecule has 1 aliphatic heterocycles. The zero-order valence-corrected chi connectivity index (χ0v) is 13.7. The van der Waals surface area contributed by atoms with Gasteiger partial charge in [0.25, 0.3) is 0 Å². The average Bonchev–Trinajstić information content (AvgIpc) is 2.47. The number of nitrogens with one attached hydrogen (secondary N) is 1. The van der Waals surface area contributed by atoms with E-state index in [4.69, 9.17) is 4.74 Å². The fourth-order valence-corrected chi connectivity index (χ4v) is 2.84. The quantitative estimate of drug-likeness (QED) is 0.781. The van der Waals surface area contributed by atoms with E-state index < -0.39 is 0 Å². The van der Waals surface area contributed by atoms with E-state index in [9.17, 15) is 0 Å². The number of hydrogen-bond acceptors (Lipinski definition) is 3. The number of rotatable bonds is 7. The largest absolute Gasteiger partial charge is 0.380 e. The minimum Gasteiger partial charge on any atom is -0.380 e. The van der Waals surface area contributed by atoms with Gasteiger partial charge in [0.2, 0.25) is 0 Å². The Bertz CT molecular complexity index is 393. The van der Waals surface area contributed by atoms with Gasteiger partial charge in [-0.3, -0.25) is 4.90 Å². The van der Waals surface area contributed by atoms with Crippen molar-refractivity contribution in [1.82, 2.24) is 10.2 Å². The van der Waals surface area contributed by atoms with Crippen molar-refractivity contribution in [1.29, 1.82) is 0 Å². The van der Waals surface area contributed by atoms with Crippen LogP contribution >= 0.6 is 0 Å². The second-order valence-electron chi connectivity index (χ2n) is 6.61. The monoisotopic (exact) mass is 290 g/mol. The van der Waals surface area contributed by atoms with Crippen LogP contribution < -0.4 is 5.32 Å². The summed E-state index contributed by atoms with van der Waals surface area (Å²) < 4.78 is 5.74. The number of nitrogens with zero attached hydrogens (tertiary/aromatic N) is 1. The maximum atomic E-state index is 5.74. The SMILES string of the molecule is CC(C)COCCN1CC(Cc2ccccc2)NCC1C. The van der Waals surface area contributed by atoms with Crippen LogP contribution in [-0.4, -0.2) is 49.8 Å². The molecule has 2 unspecified atom stereocenters. The van der Waals surface area contributed by atoms with Gasteiger partial charge in [0.15, 0.2) is 0 Å². The molecule has 0 saturated carbocycles. The molecule has 0 amide bonds. The second kappa shape index (κ2) is 8.52. The van der Waals surface area contributed by atoms with E-state index in [0.717, 1.165) is 39.3 Å². The van der Waals surface area contributed by atoms with E-state index in [1.807, 2.05) is 0 Å². The molecule has 21 heavy (non-hydrogen) atoms. The zero-order chi connectivity index (χ0) is 15.1. The van der Waals surface area contributed by atoms with Crippen molar-refractivity contribution < 1.29 is 4.74 Å². The third-order valence-electron chi connectivity index (χ3n) is 4.08. The van der Waals surface area contributed by atoms with Crippen LogP contribution in [0.4, 0.5) is 0 Å². The van der Waals surface area contributed by atoms with E-state index in [1.54, 1.807) is 0 Å². The van der Waals surface area contributed by atoms with Crippen molar-refractivity contribution in [2.24, 2.45) is 5.92 Å². The smallest absolute Gasteiger partial charge is 0.0593 e. The highest BCUT2D eigenvalue weighted by Gasteiger charge is 2.24. The summed E-state index contributed by atoms with van der Waals surface area (Å²) in [4.78, 5) is 2.56. The van der Waals surface area contributed by atoms with Crippen LogP contribution in [0, 0.1) is 5.92 Å². The molecule has 1 aromatic rings. The molecule has 1 aromatic carbocycles. The summed E-state index contributed by atoms with van der Waals surface area (Å²) in [6.07, 6.45) is 1.11. The Morgan fingerprint density at radius 3 is 2.76 bits per heavy atom. The predicted molar refractivity (Wildman–Crippen MR) is 88.6 cm³/mol. The lowest BCUT2D eigenvalue weighted by molar-refractivity contribution is 0.0592. The van der Waals surface area contributed by atoms with Crippen LogP contribution in [0.5, 0.6) is 0 Å². The molecule has 1 N–H and O–H groups in total. The van der Waals surface area contributed by atoms with Gasteiger partial charge in [-0.15, -0.1) is 0 Å². The number of benzene rings is 1. The van der Waals surface area contributed by atoms with Crippen LogP contribution in [0.3, 0.4) is 0 Å². The summed E-state index contributed by atoms with van der Waals surface area (Å²) in [6.45, 7) is 11.6. The molecule has 0 radical (unpaired) electrons. The van der Waals surface area contributed by atoms with Gasteiger partial charge in [-0.2, -0.15) is 0 Å². The highest BCUT2D eigenvalue weighted by molar-refractivity contribution is 5.16. The maximum Gasteiger partial charge on any atom is 0.0593 e. The lowest BCUT2D eigenvalue weighted by atomic mass is 10.0. The molecule has 3 nitrogen and oxygen atoms in total. The van der Waals surface area contributed by atoms with Crippen LogP contribution in [0.1, 0.15) is 26.3 Å². The van der Waals surface area contributed by atoms with E-state index in [2.05, 4.69) is 61.3 Å². The van der Waals surface area contributed by atoms with E-state index in [0.29, 0.717) is 18.0 Å². The summed E-state index contributed by atoms with van der Waals surface area (Å²) in [5.74, 6) is 0.622. The first kappa shape index (κ1) is 16.5. The Labute approximate surface area is 129 Å². The third-order valence-corrected chi connectivity index (χ3v) is 4.08. The fraction of sp³-hybridized carbons (Fsp3) is 0.667. The molecule has 2 rings (SSSR count). The van der Waals surface area contributed by atoms with E-state index >= 15 is 0 Å². The number of piperazine rings is 1. The molecular weight excluding hydrogens is 260 g/mol. The topological polar surface area (TPSA) is 24.5 Å². The van der Waals surface area contributed by atoms with E-state index in [-0.39, 0.29) is 0 Å². The Kier molecular flexibility index (Phi) is 6.68. The van der Waals surface area contributed by atoms with Gasteiger partial charge in [0.1, 0.15) is 0 Å². The van der Waals surface area contributed by atoms with Crippen molar-refractivity contribution in [3.05, 3.63) is 35.9 Å². The summed E-state index contributed by atoms with van der Waals surface area (Å²) in [5, 5.41) is 3.67. The Morgan fingerprint density at radius 1 is 1.29 bits per heavy atom. The number of hydrogen-bond donors (Lipinski definition) is 1. The summed E-state index contributed by atoms with van der Waals surface area (Å²) in [6, 6.07) is 11.9. The summed E-state index contributed by atoms with van der Waals surface area (Å²) >= 11 is 0. The Morgan fingerprint density at radius 2 is 2.05 bits per heavy atom. The average molecular weight is 290 g/mol. The lowest BCUT2D eigenvalue weighted by Crippen LogP contribution is -2.56. The standard InChI is InChI=1S/C18H30N2O/c1-15(2)14-21-10-9-20-13-18(19-12-16(20)3)11-17-7-5-4-6-8-17/h4-8,15-16,18-19H,9-14H2,1-3H3. The molecule has 1 aliphatic rings. The van der Waals surface area contributed by atoms with Crippen molar-refractivity contribution in [2.75, 3.05) is 32.8 Å². The summed E-state index contributed by atoms with van der Waals surface area (Å²) in [7, 11) is 0. The molecule has 0 spiro atoms. The minimum atomic E-state index is 0.550. The predicted octanol–water partition coefficient (Wildman–Crippen LogP) is 2.56. The first-order valence-corrected chi connectivity index (χ1v) is 8.24. The molecule has 0 aliphatic carbocycles. The fourth-order valence-electron chi connectivity index (χ4n) is 2.84. The molecule has 3 heteroatoms. The molecule has 2 atom stereocenters. The molecule has 0 bridgehead atoms. The molecule has 118 valence electrons. The highest BCUT2D eigenvalue weighted by atomic mass is 16.5. The molecule has 0 aromatic heterocycles. The van der Waals surface area contributed by atoms with Crippen molar-refractivity contribution in [3.63, 3.8) is 0 Å². The van der Waals surface area contributed by atoms with Crippen LogP contribution in [-0.2, 0) is 11.2 Å². The Balaban J connectivity index is 1.76. The molecular formula is C18H30N2O. The van der Waals surface area contributed by atoms with Gasteiger partial charge < -0.3 is 10.1 Å². The van der Waals surface area contributed by atoms with Gasteiger partial charge in [-0.1, -0.05) is 44.2 Å². The summed E-state index contributed by atoms with van der Waals surface area (Å²) in [5.41, 5.74) is 1.42. The van der Waals surface area contributed by atoms with Gasteiger partial charge in [0.05, 0.1) is 6.61 Å². The maximum absolute atomic E-state index is 5.74. The van der Waals surface area contributed by atoms with Crippen molar-refractivity contribution >= 4 is 0 Å². The van der Waals surface area contributed by atoms with Gasteiger partial charge >= 0.3 is 0 Å². The second-order valence-corrected chi connectivity index (χ2v) is 6.61. The van der Waals surface area contributed by atoms with Gasteiger partial charge in [-0.25, -0.2) is 0 Å². The third kappa shape index (κ3) is 5.77. The Hall–Kier alpha value is -0.900. The molecule has 1 saturated heterocycles. The van der Waals surface area contributed by atoms with Crippen LogP contribution in [0.15, 0.2) is 30.3 Å². The van der Waals surface area contributed by atoms with Gasteiger partial charge in [0, 0.05) is 38.3 Å². The van der Waals surface area contributed by atoms with Crippen molar-refractivity contribution in [3.8, 4) is 0 Å². The van der Waals surface area contributed by atoms with E-state index in [1.165, 1.54) is 5.56 Å². The first-order valence-electron chi connectivity index (χ1n) is 8.24. The molecule has 1 fully saturated rings. The van der Waals surface area contributed by atoms with Crippen LogP contribution in [0.2, 0.25) is 0 Å². The van der Waals surface area contributed by atoms with Gasteiger partial charge in [-0.05, 0) is 24.8 Å². The first-order chi connectivity index (χ1) is 10.1.